The third kappa shape index (κ3) is 2.27. The van der Waals surface area contributed by atoms with E-state index in [0.717, 1.165) is 0 Å². The Morgan fingerprint density at radius 2 is 2.25 bits per heavy atom. The van der Waals surface area contributed by atoms with Crippen molar-refractivity contribution in [3.63, 3.8) is 0 Å². The fourth-order valence-corrected chi connectivity index (χ4v) is 1.64. The van der Waals surface area contributed by atoms with Gasteiger partial charge < -0.3 is 14.2 Å². The SMILES string of the molecule is CN1CCN(c2nnc(CCCl)o2)CC1=O. The summed E-state index contributed by atoms with van der Waals surface area (Å²) in [6.45, 7) is 1.68. The van der Waals surface area contributed by atoms with Crippen LogP contribution in [0.4, 0.5) is 6.01 Å². The second-order valence-electron chi connectivity index (χ2n) is 3.65. The van der Waals surface area contributed by atoms with Gasteiger partial charge in [-0.15, -0.1) is 16.7 Å². The second-order valence-corrected chi connectivity index (χ2v) is 4.03. The Morgan fingerprint density at radius 3 is 2.94 bits per heavy atom. The van der Waals surface area contributed by atoms with Crippen molar-refractivity contribution < 1.29 is 9.21 Å². The van der Waals surface area contributed by atoms with Gasteiger partial charge in [0, 0.05) is 32.4 Å². The number of aryl methyl sites for hydroxylation is 1. The zero-order valence-electron chi connectivity index (χ0n) is 9.02. The maximum atomic E-state index is 11.5. The average molecular weight is 245 g/mol. The van der Waals surface area contributed by atoms with Crippen LogP contribution < -0.4 is 4.90 Å². The molecule has 2 heterocycles. The van der Waals surface area contributed by atoms with Gasteiger partial charge in [0.1, 0.15) is 6.54 Å². The zero-order valence-corrected chi connectivity index (χ0v) is 9.77. The highest BCUT2D eigenvalue weighted by Crippen LogP contribution is 2.15. The maximum absolute atomic E-state index is 11.5. The van der Waals surface area contributed by atoms with Crippen LogP contribution in [0, 0.1) is 0 Å². The molecule has 0 saturated carbocycles. The summed E-state index contributed by atoms with van der Waals surface area (Å²) in [5, 5.41) is 7.76. The lowest BCUT2D eigenvalue weighted by Gasteiger charge is -2.30. The summed E-state index contributed by atoms with van der Waals surface area (Å²) < 4.78 is 5.40. The van der Waals surface area contributed by atoms with E-state index < -0.39 is 0 Å². The molecule has 2 rings (SSSR count). The van der Waals surface area contributed by atoms with E-state index in [0.29, 0.717) is 43.8 Å². The molecule has 1 amide bonds. The summed E-state index contributed by atoms with van der Waals surface area (Å²) in [6, 6.07) is 0.404. The fraction of sp³-hybridized carbons (Fsp3) is 0.667. The van der Waals surface area contributed by atoms with Gasteiger partial charge in [0.2, 0.25) is 11.8 Å². The Balaban J connectivity index is 2.03. The molecule has 1 fully saturated rings. The molecule has 7 heteroatoms. The lowest BCUT2D eigenvalue weighted by Crippen LogP contribution is -2.48. The first-order valence-electron chi connectivity index (χ1n) is 5.08. The van der Waals surface area contributed by atoms with E-state index in [1.54, 1.807) is 16.8 Å². The second kappa shape index (κ2) is 4.69. The van der Waals surface area contributed by atoms with E-state index in [1.807, 2.05) is 0 Å². The van der Waals surface area contributed by atoms with Crippen molar-refractivity contribution >= 4 is 23.5 Å². The molecule has 0 aromatic carbocycles. The monoisotopic (exact) mass is 244 g/mol. The number of hydrogen-bond donors (Lipinski definition) is 0. The molecule has 1 aromatic rings. The van der Waals surface area contributed by atoms with Crippen LogP contribution in [0.5, 0.6) is 0 Å². The van der Waals surface area contributed by atoms with Gasteiger partial charge in [-0.25, -0.2) is 0 Å². The predicted octanol–water partition coefficient (Wildman–Crippen LogP) is 0.129. The number of piperazine rings is 1. The number of aromatic nitrogens is 2. The van der Waals surface area contributed by atoms with Gasteiger partial charge in [0.25, 0.3) is 0 Å². The molecule has 1 saturated heterocycles. The van der Waals surface area contributed by atoms with Gasteiger partial charge in [-0.05, 0) is 0 Å². The van der Waals surface area contributed by atoms with Crippen LogP contribution in [0.15, 0.2) is 4.42 Å². The molecule has 6 nitrogen and oxygen atoms in total. The Morgan fingerprint density at radius 1 is 1.44 bits per heavy atom. The number of likely N-dealkylation sites (N-methyl/N-ethyl adjacent to an activating group) is 1. The number of carbonyl (C=O) groups is 1. The van der Waals surface area contributed by atoms with Crippen LogP contribution in [-0.2, 0) is 11.2 Å². The van der Waals surface area contributed by atoms with E-state index in [2.05, 4.69) is 10.2 Å². The normalized spacial score (nSPS) is 17.0. The third-order valence-electron chi connectivity index (χ3n) is 2.49. The standard InChI is InChI=1S/C9H13ClN4O2/c1-13-4-5-14(6-8(13)15)9-12-11-7(16-9)2-3-10/h2-6H2,1H3. The molecule has 0 spiro atoms. The van der Waals surface area contributed by atoms with E-state index >= 15 is 0 Å². The predicted molar refractivity (Wildman–Crippen MR) is 58.6 cm³/mol. The van der Waals surface area contributed by atoms with Crippen LogP contribution in [0.25, 0.3) is 0 Å². The van der Waals surface area contributed by atoms with Gasteiger partial charge in [-0.1, -0.05) is 5.10 Å². The van der Waals surface area contributed by atoms with Gasteiger partial charge in [0.05, 0.1) is 0 Å². The number of halogens is 1. The number of nitrogens with zero attached hydrogens (tertiary/aromatic N) is 4. The summed E-state index contributed by atoms with van der Waals surface area (Å²) >= 11 is 5.57. The summed E-state index contributed by atoms with van der Waals surface area (Å²) in [4.78, 5) is 15.0. The molecule has 0 radical (unpaired) electrons. The number of carbonyl (C=O) groups excluding carboxylic acids is 1. The van der Waals surface area contributed by atoms with Gasteiger partial charge >= 0.3 is 6.01 Å². The van der Waals surface area contributed by atoms with Crippen LogP contribution in [0.3, 0.4) is 0 Å². The molecule has 1 aliphatic rings. The Labute approximate surface area is 98.2 Å². The average Bonchev–Trinajstić information content (AvgIpc) is 2.71. The van der Waals surface area contributed by atoms with Crippen LogP contribution in [0.2, 0.25) is 0 Å². The molecular formula is C9H13ClN4O2. The van der Waals surface area contributed by atoms with E-state index in [4.69, 9.17) is 16.0 Å². The number of rotatable bonds is 3. The topological polar surface area (TPSA) is 62.5 Å². The molecule has 16 heavy (non-hydrogen) atoms. The first-order chi connectivity index (χ1) is 7.70. The van der Waals surface area contributed by atoms with Crippen molar-refractivity contribution in [1.29, 1.82) is 0 Å². The minimum atomic E-state index is 0.0587. The van der Waals surface area contributed by atoms with Crippen LogP contribution in [-0.4, -0.2) is 53.6 Å². The molecule has 0 N–H and O–H groups in total. The fourth-order valence-electron chi connectivity index (χ4n) is 1.48. The first-order valence-corrected chi connectivity index (χ1v) is 5.61. The largest absolute Gasteiger partial charge is 0.408 e. The van der Waals surface area contributed by atoms with Crippen LogP contribution in [0.1, 0.15) is 5.89 Å². The first kappa shape index (κ1) is 11.2. The molecule has 88 valence electrons. The Hall–Kier alpha value is -1.30. The molecule has 0 bridgehead atoms. The van der Waals surface area contributed by atoms with Gasteiger partial charge in [-0.2, -0.15) is 0 Å². The van der Waals surface area contributed by atoms with Gasteiger partial charge in [-0.3, -0.25) is 4.79 Å². The Bertz CT molecular complexity index is 381. The smallest absolute Gasteiger partial charge is 0.318 e. The number of hydrogen-bond acceptors (Lipinski definition) is 5. The quantitative estimate of drug-likeness (QED) is 0.708. The molecule has 0 unspecified atom stereocenters. The van der Waals surface area contributed by atoms with E-state index in [-0.39, 0.29) is 5.91 Å². The van der Waals surface area contributed by atoms with Crippen molar-refractivity contribution in [1.82, 2.24) is 15.1 Å². The number of anilines is 1. The number of alkyl halides is 1. The highest BCUT2D eigenvalue weighted by molar-refractivity contribution is 6.17. The van der Waals surface area contributed by atoms with Gasteiger partial charge in [0.15, 0.2) is 0 Å². The summed E-state index contributed by atoms with van der Waals surface area (Å²) in [6.07, 6.45) is 0.552. The van der Waals surface area contributed by atoms with E-state index in [1.165, 1.54) is 0 Å². The molecule has 1 aromatic heterocycles. The lowest BCUT2D eigenvalue weighted by atomic mass is 10.3. The number of amides is 1. The summed E-state index contributed by atoms with van der Waals surface area (Å²) in [5.41, 5.74) is 0. The van der Waals surface area contributed by atoms with Crippen molar-refractivity contribution in [2.24, 2.45) is 0 Å². The maximum Gasteiger partial charge on any atom is 0.318 e. The van der Waals surface area contributed by atoms with Crippen molar-refractivity contribution in [2.45, 2.75) is 6.42 Å². The Kier molecular flexibility index (Phi) is 3.28. The summed E-state index contributed by atoms with van der Waals surface area (Å²) in [7, 11) is 1.78. The molecule has 0 aliphatic carbocycles. The molecule has 1 aliphatic heterocycles. The molecule has 0 atom stereocenters. The van der Waals surface area contributed by atoms with Crippen LogP contribution >= 0.6 is 11.6 Å². The van der Waals surface area contributed by atoms with Crippen molar-refractivity contribution in [2.75, 3.05) is 37.5 Å². The van der Waals surface area contributed by atoms with E-state index in [9.17, 15) is 4.79 Å². The highest BCUT2D eigenvalue weighted by atomic mass is 35.5. The lowest BCUT2D eigenvalue weighted by molar-refractivity contribution is -0.129. The minimum Gasteiger partial charge on any atom is -0.408 e. The minimum absolute atomic E-state index is 0.0587. The molecular weight excluding hydrogens is 232 g/mol. The van der Waals surface area contributed by atoms with Crippen molar-refractivity contribution in [3.05, 3.63) is 5.89 Å². The summed E-state index contributed by atoms with van der Waals surface area (Å²) in [5.74, 6) is 1.02. The zero-order chi connectivity index (χ0) is 11.5. The third-order valence-corrected chi connectivity index (χ3v) is 2.68. The van der Waals surface area contributed by atoms with Crippen molar-refractivity contribution in [3.8, 4) is 0 Å². The highest BCUT2D eigenvalue weighted by Gasteiger charge is 2.24.